The van der Waals surface area contributed by atoms with Gasteiger partial charge in [0.1, 0.15) is 17.2 Å². The van der Waals surface area contributed by atoms with E-state index >= 15 is 0 Å². The van der Waals surface area contributed by atoms with Crippen LogP contribution in [0.1, 0.15) is 44.6 Å². The quantitative estimate of drug-likeness (QED) is 0.854. The fourth-order valence-corrected chi connectivity index (χ4v) is 2.36. The number of hydrogen-bond donors (Lipinski definition) is 1. The van der Waals surface area contributed by atoms with Gasteiger partial charge in [-0.05, 0) is 43.5 Å². The van der Waals surface area contributed by atoms with Gasteiger partial charge in [0.25, 0.3) is 0 Å². The van der Waals surface area contributed by atoms with Gasteiger partial charge in [0.05, 0.1) is 11.4 Å². The Bertz CT molecular complexity index is 520. The summed E-state index contributed by atoms with van der Waals surface area (Å²) in [6.45, 7) is 9.29. The Hall–Kier alpha value is -1.35. The fourth-order valence-electron chi connectivity index (χ4n) is 2.36. The minimum absolute atomic E-state index is 0.131. The largest absolute Gasteiger partial charge is 0.459 e. The first-order chi connectivity index (χ1) is 9.04. The molecule has 0 aliphatic carbocycles. The third-order valence-corrected chi connectivity index (χ3v) is 3.43. The Labute approximate surface area is 114 Å². The highest BCUT2D eigenvalue weighted by Gasteiger charge is 2.20. The zero-order valence-corrected chi connectivity index (χ0v) is 12.1. The van der Waals surface area contributed by atoms with E-state index in [9.17, 15) is 4.39 Å². The van der Waals surface area contributed by atoms with E-state index in [1.54, 1.807) is 6.07 Å². The Kier molecular flexibility index (Phi) is 4.25. The number of aryl methyl sites for hydroxylation is 1. The van der Waals surface area contributed by atoms with Crippen LogP contribution in [0.4, 0.5) is 4.39 Å². The molecule has 1 heterocycles. The standard InChI is InChI=1S/C16H22FNO/c1-5-8-18-15(10(2)3)14-9-12-13(17)7-6-11(4)16(12)19-14/h6-7,9-10,15,18H,5,8H2,1-4H3. The molecular formula is C16H22FNO. The van der Waals surface area contributed by atoms with Crippen LogP contribution in [-0.2, 0) is 0 Å². The van der Waals surface area contributed by atoms with Crippen LogP contribution in [0.5, 0.6) is 0 Å². The summed E-state index contributed by atoms with van der Waals surface area (Å²) in [5.74, 6) is 1.01. The lowest BCUT2D eigenvalue weighted by atomic mass is 10.0. The van der Waals surface area contributed by atoms with Crippen LogP contribution in [0.2, 0.25) is 0 Å². The molecule has 19 heavy (non-hydrogen) atoms. The van der Waals surface area contributed by atoms with Crippen molar-refractivity contribution < 1.29 is 8.81 Å². The predicted octanol–water partition coefficient (Wildman–Crippen LogP) is 4.58. The predicted molar refractivity (Wildman–Crippen MR) is 76.8 cm³/mol. The van der Waals surface area contributed by atoms with Gasteiger partial charge in [-0.15, -0.1) is 0 Å². The van der Waals surface area contributed by atoms with Gasteiger partial charge in [-0.3, -0.25) is 0 Å². The fraction of sp³-hybridized carbons (Fsp3) is 0.500. The summed E-state index contributed by atoms with van der Waals surface area (Å²) in [4.78, 5) is 0. The lowest BCUT2D eigenvalue weighted by molar-refractivity contribution is 0.351. The van der Waals surface area contributed by atoms with Crippen LogP contribution in [0, 0.1) is 18.7 Å². The van der Waals surface area contributed by atoms with E-state index in [-0.39, 0.29) is 11.9 Å². The third kappa shape index (κ3) is 2.81. The summed E-state index contributed by atoms with van der Waals surface area (Å²) in [7, 11) is 0. The Morgan fingerprint density at radius 1 is 1.32 bits per heavy atom. The minimum Gasteiger partial charge on any atom is -0.459 e. The van der Waals surface area contributed by atoms with E-state index < -0.39 is 0 Å². The van der Waals surface area contributed by atoms with E-state index in [1.165, 1.54) is 6.07 Å². The zero-order valence-electron chi connectivity index (χ0n) is 12.1. The normalized spacial score (nSPS) is 13.4. The van der Waals surface area contributed by atoms with Gasteiger partial charge in [0.2, 0.25) is 0 Å². The smallest absolute Gasteiger partial charge is 0.140 e. The molecule has 0 aliphatic rings. The summed E-state index contributed by atoms with van der Waals surface area (Å²) in [5, 5.41) is 4.05. The molecule has 1 aromatic carbocycles. The van der Waals surface area contributed by atoms with Crippen LogP contribution >= 0.6 is 0 Å². The van der Waals surface area contributed by atoms with Crippen molar-refractivity contribution in [3.63, 3.8) is 0 Å². The van der Waals surface area contributed by atoms with Gasteiger partial charge in [-0.2, -0.15) is 0 Å². The Balaban J connectivity index is 2.43. The molecule has 0 spiro atoms. The number of fused-ring (bicyclic) bond motifs is 1. The molecule has 3 heteroatoms. The summed E-state index contributed by atoms with van der Waals surface area (Å²) in [6, 6.07) is 5.23. The Morgan fingerprint density at radius 3 is 2.63 bits per heavy atom. The summed E-state index contributed by atoms with van der Waals surface area (Å²) >= 11 is 0. The highest BCUT2D eigenvalue weighted by atomic mass is 19.1. The second kappa shape index (κ2) is 5.74. The highest BCUT2D eigenvalue weighted by Crippen LogP contribution is 2.31. The summed E-state index contributed by atoms with van der Waals surface area (Å²) < 4.78 is 19.7. The number of rotatable bonds is 5. The molecule has 1 aromatic heterocycles. The number of furan rings is 1. The summed E-state index contributed by atoms with van der Waals surface area (Å²) in [5.41, 5.74) is 1.64. The molecule has 2 aromatic rings. The number of hydrogen-bond acceptors (Lipinski definition) is 2. The Morgan fingerprint density at radius 2 is 2.05 bits per heavy atom. The maximum atomic E-state index is 13.8. The van der Waals surface area contributed by atoms with E-state index in [0.29, 0.717) is 16.9 Å². The second-order valence-corrected chi connectivity index (χ2v) is 5.43. The van der Waals surface area contributed by atoms with Crippen LogP contribution < -0.4 is 5.32 Å². The number of benzene rings is 1. The lowest BCUT2D eigenvalue weighted by Gasteiger charge is -2.19. The highest BCUT2D eigenvalue weighted by molar-refractivity contribution is 5.81. The first-order valence-electron chi connectivity index (χ1n) is 6.96. The molecule has 0 saturated heterocycles. The van der Waals surface area contributed by atoms with Gasteiger partial charge in [-0.1, -0.05) is 26.8 Å². The molecular weight excluding hydrogens is 241 g/mol. The molecule has 0 fully saturated rings. The molecule has 104 valence electrons. The molecule has 0 aliphatic heterocycles. The van der Waals surface area contributed by atoms with Gasteiger partial charge in [-0.25, -0.2) is 4.39 Å². The van der Waals surface area contributed by atoms with Crippen molar-refractivity contribution in [3.05, 3.63) is 35.3 Å². The monoisotopic (exact) mass is 263 g/mol. The average Bonchev–Trinajstić information content (AvgIpc) is 2.80. The van der Waals surface area contributed by atoms with Crippen molar-refractivity contribution in [2.75, 3.05) is 6.54 Å². The first kappa shape index (κ1) is 14.1. The molecule has 1 N–H and O–H groups in total. The second-order valence-electron chi connectivity index (χ2n) is 5.43. The van der Waals surface area contributed by atoms with Crippen molar-refractivity contribution in [2.45, 2.75) is 40.2 Å². The topological polar surface area (TPSA) is 25.2 Å². The van der Waals surface area contributed by atoms with Crippen LogP contribution in [0.3, 0.4) is 0 Å². The van der Waals surface area contributed by atoms with Gasteiger partial charge >= 0.3 is 0 Å². The van der Waals surface area contributed by atoms with Crippen LogP contribution in [0.25, 0.3) is 11.0 Å². The number of nitrogens with one attached hydrogen (secondary N) is 1. The number of halogens is 1. The SMILES string of the molecule is CCCNC(c1cc2c(F)ccc(C)c2o1)C(C)C. The van der Waals surface area contributed by atoms with Gasteiger partial charge in [0.15, 0.2) is 0 Å². The van der Waals surface area contributed by atoms with Crippen LogP contribution in [0.15, 0.2) is 22.6 Å². The van der Waals surface area contributed by atoms with Crippen molar-refractivity contribution in [2.24, 2.45) is 5.92 Å². The molecule has 0 amide bonds. The molecule has 1 unspecified atom stereocenters. The van der Waals surface area contributed by atoms with Gasteiger partial charge in [0, 0.05) is 0 Å². The van der Waals surface area contributed by atoms with E-state index in [2.05, 4.69) is 26.1 Å². The maximum absolute atomic E-state index is 13.8. The lowest BCUT2D eigenvalue weighted by Crippen LogP contribution is -2.25. The maximum Gasteiger partial charge on any atom is 0.140 e. The zero-order chi connectivity index (χ0) is 14.0. The van der Waals surface area contributed by atoms with Crippen molar-refractivity contribution in [3.8, 4) is 0 Å². The van der Waals surface area contributed by atoms with E-state index in [1.807, 2.05) is 13.0 Å². The average molecular weight is 263 g/mol. The van der Waals surface area contributed by atoms with E-state index in [0.717, 1.165) is 24.3 Å². The molecule has 2 rings (SSSR count). The van der Waals surface area contributed by atoms with Crippen LogP contribution in [-0.4, -0.2) is 6.54 Å². The molecule has 0 saturated carbocycles. The van der Waals surface area contributed by atoms with Crippen molar-refractivity contribution >= 4 is 11.0 Å². The first-order valence-corrected chi connectivity index (χ1v) is 6.96. The third-order valence-electron chi connectivity index (χ3n) is 3.43. The van der Waals surface area contributed by atoms with E-state index in [4.69, 9.17) is 4.42 Å². The molecule has 0 bridgehead atoms. The molecule has 0 radical (unpaired) electrons. The molecule has 1 atom stereocenters. The summed E-state index contributed by atoms with van der Waals surface area (Å²) in [6.07, 6.45) is 1.07. The molecule has 2 nitrogen and oxygen atoms in total. The van der Waals surface area contributed by atoms with Crippen molar-refractivity contribution in [1.29, 1.82) is 0 Å². The van der Waals surface area contributed by atoms with Gasteiger partial charge < -0.3 is 9.73 Å². The minimum atomic E-state index is -0.214. The van der Waals surface area contributed by atoms with Crippen molar-refractivity contribution in [1.82, 2.24) is 5.32 Å².